The molecule has 0 saturated carbocycles. The summed E-state index contributed by atoms with van der Waals surface area (Å²) in [7, 11) is 0. The van der Waals surface area contributed by atoms with Crippen molar-refractivity contribution in [2.24, 2.45) is 5.73 Å². The molecule has 3 N–H and O–H groups in total. The molecule has 7 heteroatoms. The van der Waals surface area contributed by atoms with E-state index in [0.29, 0.717) is 18.0 Å². The Morgan fingerprint density at radius 2 is 2.22 bits per heavy atom. The Balaban J connectivity index is 1.98. The second-order valence-electron chi connectivity index (χ2n) is 3.77. The van der Waals surface area contributed by atoms with Gasteiger partial charge in [-0.15, -0.1) is 5.10 Å². The van der Waals surface area contributed by atoms with Gasteiger partial charge in [0.25, 0.3) is 0 Å². The number of rotatable bonds is 3. The summed E-state index contributed by atoms with van der Waals surface area (Å²) in [6.45, 7) is 0.503. The second-order valence-corrected chi connectivity index (χ2v) is 3.77. The standard InChI is InChI=1S/C11H11N7/c12-5-8-2-1-3-9(4-8)14-10-6-13-7-11-15-16-17-18(10)11/h1-4,6-7,14H,5,12H2. The zero-order valence-electron chi connectivity index (χ0n) is 9.48. The quantitative estimate of drug-likeness (QED) is 0.701. The van der Waals surface area contributed by atoms with Gasteiger partial charge in [-0.3, -0.25) is 4.98 Å². The molecule has 0 aliphatic heterocycles. The summed E-state index contributed by atoms with van der Waals surface area (Å²) in [5.41, 5.74) is 8.17. The van der Waals surface area contributed by atoms with E-state index in [-0.39, 0.29) is 0 Å². The largest absolute Gasteiger partial charge is 0.339 e. The van der Waals surface area contributed by atoms with E-state index in [4.69, 9.17) is 5.73 Å². The molecule has 0 atom stereocenters. The Bertz CT molecular complexity index is 676. The molecule has 0 bridgehead atoms. The molecule has 3 aromatic rings. The van der Waals surface area contributed by atoms with Crippen LogP contribution in [-0.4, -0.2) is 25.0 Å². The highest BCUT2D eigenvalue weighted by Gasteiger charge is 2.04. The van der Waals surface area contributed by atoms with Gasteiger partial charge in [-0.1, -0.05) is 12.1 Å². The number of fused-ring (bicyclic) bond motifs is 1. The van der Waals surface area contributed by atoms with Crippen LogP contribution in [0.25, 0.3) is 5.65 Å². The van der Waals surface area contributed by atoms with Crippen LogP contribution in [0.1, 0.15) is 5.56 Å². The third-order valence-corrected chi connectivity index (χ3v) is 2.54. The number of anilines is 2. The molecule has 0 unspecified atom stereocenters. The summed E-state index contributed by atoms with van der Waals surface area (Å²) < 4.78 is 1.59. The van der Waals surface area contributed by atoms with Crippen LogP contribution in [0.15, 0.2) is 36.7 Å². The van der Waals surface area contributed by atoms with Crippen LogP contribution in [0.3, 0.4) is 0 Å². The van der Waals surface area contributed by atoms with E-state index in [0.717, 1.165) is 11.3 Å². The van der Waals surface area contributed by atoms with Gasteiger partial charge in [-0.05, 0) is 28.1 Å². The van der Waals surface area contributed by atoms with E-state index < -0.39 is 0 Å². The molecule has 0 fully saturated rings. The molecule has 0 amide bonds. The van der Waals surface area contributed by atoms with Crippen LogP contribution in [-0.2, 0) is 6.54 Å². The highest BCUT2D eigenvalue weighted by Crippen LogP contribution is 2.16. The second kappa shape index (κ2) is 4.38. The maximum Gasteiger partial charge on any atom is 0.199 e. The van der Waals surface area contributed by atoms with Gasteiger partial charge in [0.05, 0.1) is 12.4 Å². The van der Waals surface area contributed by atoms with Crippen LogP contribution in [0.2, 0.25) is 0 Å². The SMILES string of the molecule is NCc1cccc(Nc2cncc3nnnn23)c1. The van der Waals surface area contributed by atoms with Gasteiger partial charge in [-0.25, -0.2) is 0 Å². The lowest BCUT2D eigenvalue weighted by atomic mass is 10.2. The van der Waals surface area contributed by atoms with Crippen LogP contribution in [0.4, 0.5) is 11.5 Å². The number of nitrogens with one attached hydrogen (secondary N) is 1. The van der Waals surface area contributed by atoms with Gasteiger partial charge < -0.3 is 11.1 Å². The Morgan fingerprint density at radius 3 is 3.11 bits per heavy atom. The number of benzene rings is 1. The van der Waals surface area contributed by atoms with Crippen molar-refractivity contribution in [2.45, 2.75) is 6.54 Å². The fourth-order valence-electron chi connectivity index (χ4n) is 1.68. The molecular formula is C11H11N7. The van der Waals surface area contributed by atoms with Crippen LogP contribution < -0.4 is 11.1 Å². The molecule has 3 rings (SSSR count). The minimum absolute atomic E-state index is 0.503. The number of hydrogen-bond acceptors (Lipinski definition) is 6. The summed E-state index contributed by atoms with van der Waals surface area (Å²) in [5.74, 6) is 0.701. The van der Waals surface area contributed by atoms with Crippen molar-refractivity contribution in [3.63, 3.8) is 0 Å². The van der Waals surface area contributed by atoms with Crippen molar-refractivity contribution < 1.29 is 0 Å². The molecular weight excluding hydrogens is 230 g/mol. The predicted molar refractivity (Wildman–Crippen MR) is 66.2 cm³/mol. The minimum atomic E-state index is 0.503. The predicted octanol–water partition coefficient (Wildman–Crippen LogP) is 0.722. The zero-order chi connectivity index (χ0) is 12.4. The molecule has 2 heterocycles. The average Bonchev–Trinajstić information content (AvgIpc) is 2.88. The molecule has 1 aromatic carbocycles. The van der Waals surface area contributed by atoms with Crippen molar-refractivity contribution in [1.82, 2.24) is 25.0 Å². The molecule has 7 nitrogen and oxygen atoms in total. The first-order chi connectivity index (χ1) is 8.86. The Labute approximate surface area is 103 Å². The lowest BCUT2D eigenvalue weighted by Gasteiger charge is -2.07. The van der Waals surface area contributed by atoms with Crippen molar-refractivity contribution in [3.05, 3.63) is 42.2 Å². The first-order valence-electron chi connectivity index (χ1n) is 5.45. The number of aromatic nitrogens is 5. The Morgan fingerprint density at radius 1 is 1.28 bits per heavy atom. The van der Waals surface area contributed by atoms with Crippen molar-refractivity contribution in [3.8, 4) is 0 Å². The van der Waals surface area contributed by atoms with E-state index >= 15 is 0 Å². The maximum atomic E-state index is 5.61. The Kier molecular flexibility index (Phi) is 2.58. The number of hydrogen-bond donors (Lipinski definition) is 2. The number of nitrogens with zero attached hydrogens (tertiary/aromatic N) is 5. The van der Waals surface area contributed by atoms with Gasteiger partial charge in [-0.2, -0.15) is 4.52 Å². The van der Waals surface area contributed by atoms with Gasteiger partial charge in [0.1, 0.15) is 0 Å². The first-order valence-corrected chi connectivity index (χ1v) is 5.45. The van der Waals surface area contributed by atoms with Crippen molar-refractivity contribution in [1.29, 1.82) is 0 Å². The van der Waals surface area contributed by atoms with Crippen molar-refractivity contribution in [2.75, 3.05) is 5.32 Å². The fraction of sp³-hybridized carbons (Fsp3) is 0.0909. The molecule has 90 valence electrons. The van der Waals surface area contributed by atoms with Crippen LogP contribution in [0.5, 0.6) is 0 Å². The first kappa shape index (κ1) is 10.6. The molecule has 18 heavy (non-hydrogen) atoms. The molecule has 0 spiro atoms. The van der Waals surface area contributed by atoms with Crippen LogP contribution >= 0.6 is 0 Å². The van der Waals surface area contributed by atoms with Crippen molar-refractivity contribution >= 4 is 17.2 Å². The van der Waals surface area contributed by atoms with E-state index in [9.17, 15) is 0 Å². The smallest absolute Gasteiger partial charge is 0.199 e. The molecule has 0 radical (unpaired) electrons. The zero-order valence-corrected chi connectivity index (χ0v) is 9.48. The number of tetrazole rings is 1. The van der Waals surface area contributed by atoms with Gasteiger partial charge in [0.15, 0.2) is 11.5 Å². The topological polar surface area (TPSA) is 94.0 Å². The van der Waals surface area contributed by atoms with E-state index in [1.54, 1.807) is 16.9 Å². The summed E-state index contributed by atoms with van der Waals surface area (Å²) in [6, 6.07) is 7.84. The monoisotopic (exact) mass is 241 g/mol. The normalized spacial score (nSPS) is 10.7. The van der Waals surface area contributed by atoms with E-state index in [1.807, 2.05) is 24.3 Å². The summed E-state index contributed by atoms with van der Waals surface area (Å²) in [6.07, 6.45) is 3.26. The molecule has 0 aliphatic rings. The molecule has 0 aliphatic carbocycles. The fourth-order valence-corrected chi connectivity index (χ4v) is 1.68. The van der Waals surface area contributed by atoms with Gasteiger partial charge in [0.2, 0.25) is 0 Å². The minimum Gasteiger partial charge on any atom is -0.339 e. The van der Waals surface area contributed by atoms with Gasteiger partial charge >= 0.3 is 0 Å². The maximum absolute atomic E-state index is 5.61. The highest BCUT2D eigenvalue weighted by atomic mass is 15.5. The highest BCUT2D eigenvalue weighted by molar-refractivity contribution is 5.58. The van der Waals surface area contributed by atoms with E-state index in [1.165, 1.54) is 0 Å². The Hall–Kier alpha value is -2.54. The van der Waals surface area contributed by atoms with Gasteiger partial charge in [0, 0.05) is 12.2 Å². The number of nitrogens with two attached hydrogens (primary N) is 1. The third-order valence-electron chi connectivity index (χ3n) is 2.54. The summed E-state index contributed by atoms with van der Waals surface area (Å²) in [4.78, 5) is 4.07. The van der Waals surface area contributed by atoms with Crippen LogP contribution in [0, 0.1) is 0 Å². The summed E-state index contributed by atoms with van der Waals surface area (Å²) >= 11 is 0. The van der Waals surface area contributed by atoms with E-state index in [2.05, 4.69) is 25.8 Å². The summed E-state index contributed by atoms with van der Waals surface area (Å²) in [5, 5.41) is 14.5. The third kappa shape index (κ3) is 1.87. The average molecular weight is 241 g/mol. The molecule has 2 aromatic heterocycles. The lowest BCUT2D eigenvalue weighted by Crippen LogP contribution is -2.02. The lowest BCUT2D eigenvalue weighted by molar-refractivity contribution is 0.826. The molecule has 0 saturated heterocycles.